The molecule has 0 aliphatic heterocycles. The van der Waals surface area contributed by atoms with E-state index >= 15 is 0 Å². The first-order valence-corrected chi connectivity index (χ1v) is 7.03. The molecule has 110 valence electrons. The summed E-state index contributed by atoms with van der Waals surface area (Å²) in [7, 11) is 0. The van der Waals surface area contributed by atoms with E-state index in [-0.39, 0.29) is 6.09 Å². The van der Waals surface area contributed by atoms with Crippen LogP contribution < -0.4 is 11.1 Å². The highest BCUT2D eigenvalue weighted by molar-refractivity contribution is 5.67. The number of amides is 1. The summed E-state index contributed by atoms with van der Waals surface area (Å²) < 4.78 is 5.13. The third-order valence-corrected chi connectivity index (χ3v) is 3.10. The molecule has 1 amide bonds. The predicted molar refractivity (Wildman–Crippen MR) is 83.8 cm³/mol. The summed E-state index contributed by atoms with van der Waals surface area (Å²) in [6.45, 7) is 0.892. The number of alkyl carbamates (subject to hydrolysis) is 1. The fourth-order valence-corrected chi connectivity index (χ4v) is 1.94. The van der Waals surface area contributed by atoms with E-state index in [1.807, 2.05) is 54.6 Å². The Morgan fingerprint density at radius 1 is 1.00 bits per heavy atom. The van der Waals surface area contributed by atoms with Gasteiger partial charge in [0.2, 0.25) is 0 Å². The first-order valence-electron chi connectivity index (χ1n) is 7.03. The number of benzene rings is 2. The number of ether oxygens (including phenoxy) is 1. The molecule has 0 atom stereocenters. The molecule has 2 rings (SSSR count). The molecule has 0 saturated carbocycles. The number of hydrogen-bond acceptors (Lipinski definition) is 3. The van der Waals surface area contributed by atoms with Crippen LogP contribution in [0.25, 0.3) is 0 Å². The van der Waals surface area contributed by atoms with Gasteiger partial charge in [-0.15, -0.1) is 0 Å². The van der Waals surface area contributed by atoms with Crippen molar-refractivity contribution < 1.29 is 9.53 Å². The summed E-state index contributed by atoms with van der Waals surface area (Å²) in [5.41, 5.74) is 8.59. The lowest BCUT2D eigenvalue weighted by atomic mass is 10.1. The third-order valence-electron chi connectivity index (χ3n) is 3.10. The molecule has 0 saturated heterocycles. The van der Waals surface area contributed by atoms with Gasteiger partial charge in [0.05, 0.1) is 0 Å². The molecule has 0 spiro atoms. The Morgan fingerprint density at radius 2 is 1.71 bits per heavy atom. The van der Waals surface area contributed by atoms with Crippen molar-refractivity contribution in [1.82, 2.24) is 5.32 Å². The van der Waals surface area contributed by atoms with E-state index < -0.39 is 0 Å². The van der Waals surface area contributed by atoms with Crippen molar-refractivity contribution in [2.24, 2.45) is 0 Å². The Morgan fingerprint density at radius 3 is 2.43 bits per heavy atom. The second kappa shape index (κ2) is 7.94. The van der Waals surface area contributed by atoms with Crippen molar-refractivity contribution in [2.45, 2.75) is 19.4 Å². The number of carbonyl (C=O) groups is 1. The van der Waals surface area contributed by atoms with Gasteiger partial charge in [-0.05, 0) is 36.1 Å². The first-order chi connectivity index (χ1) is 10.2. The molecule has 2 aromatic carbocycles. The van der Waals surface area contributed by atoms with E-state index in [9.17, 15) is 4.79 Å². The van der Waals surface area contributed by atoms with Crippen LogP contribution in [-0.4, -0.2) is 12.6 Å². The Balaban J connectivity index is 1.60. The third kappa shape index (κ3) is 5.57. The number of anilines is 1. The standard InChI is InChI=1S/C17H20N2O2/c18-16-10-8-14(9-11-16)7-4-12-19-17(20)21-13-15-5-2-1-3-6-15/h1-3,5-6,8-11H,4,7,12-13,18H2,(H,19,20). The van der Waals surface area contributed by atoms with Crippen LogP contribution in [-0.2, 0) is 17.8 Å². The number of hydrogen-bond donors (Lipinski definition) is 2. The predicted octanol–water partition coefficient (Wildman–Crippen LogP) is 3.13. The summed E-state index contributed by atoms with van der Waals surface area (Å²) in [6.07, 6.45) is 1.39. The van der Waals surface area contributed by atoms with E-state index in [2.05, 4.69) is 5.32 Å². The Hall–Kier alpha value is -2.49. The monoisotopic (exact) mass is 284 g/mol. The molecule has 0 heterocycles. The highest BCUT2D eigenvalue weighted by Gasteiger charge is 2.01. The first kappa shape index (κ1) is 14.9. The SMILES string of the molecule is Nc1ccc(CCCNC(=O)OCc2ccccc2)cc1. The minimum Gasteiger partial charge on any atom is -0.445 e. The topological polar surface area (TPSA) is 64.3 Å². The van der Waals surface area contributed by atoms with E-state index in [1.165, 1.54) is 5.56 Å². The van der Waals surface area contributed by atoms with Gasteiger partial charge in [0.1, 0.15) is 6.61 Å². The number of nitrogens with one attached hydrogen (secondary N) is 1. The maximum absolute atomic E-state index is 11.5. The van der Waals surface area contributed by atoms with Gasteiger partial charge >= 0.3 is 6.09 Å². The van der Waals surface area contributed by atoms with Crippen LogP contribution >= 0.6 is 0 Å². The van der Waals surface area contributed by atoms with Crippen molar-refractivity contribution in [3.05, 3.63) is 65.7 Å². The van der Waals surface area contributed by atoms with Gasteiger partial charge in [-0.3, -0.25) is 0 Å². The van der Waals surface area contributed by atoms with Crippen LogP contribution in [0.15, 0.2) is 54.6 Å². The van der Waals surface area contributed by atoms with Gasteiger partial charge in [0.15, 0.2) is 0 Å². The van der Waals surface area contributed by atoms with Crippen LogP contribution in [0.4, 0.5) is 10.5 Å². The molecular weight excluding hydrogens is 264 g/mol. The quantitative estimate of drug-likeness (QED) is 0.632. The Kier molecular flexibility index (Phi) is 5.64. The molecule has 0 unspecified atom stereocenters. The van der Waals surface area contributed by atoms with Crippen molar-refractivity contribution >= 4 is 11.8 Å². The van der Waals surface area contributed by atoms with Gasteiger partial charge in [-0.25, -0.2) is 4.79 Å². The highest BCUT2D eigenvalue weighted by atomic mass is 16.5. The van der Waals surface area contributed by atoms with Crippen molar-refractivity contribution in [3.8, 4) is 0 Å². The summed E-state index contributed by atoms with van der Waals surface area (Å²) in [4.78, 5) is 11.5. The molecule has 4 nitrogen and oxygen atoms in total. The molecule has 0 radical (unpaired) electrons. The minimum absolute atomic E-state index is 0.296. The number of aryl methyl sites for hydroxylation is 1. The molecule has 3 N–H and O–H groups in total. The number of carbonyl (C=O) groups excluding carboxylic acids is 1. The van der Waals surface area contributed by atoms with Crippen molar-refractivity contribution in [3.63, 3.8) is 0 Å². The largest absolute Gasteiger partial charge is 0.445 e. The lowest BCUT2D eigenvalue weighted by Crippen LogP contribution is -2.25. The van der Waals surface area contributed by atoms with Gasteiger partial charge < -0.3 is 15.8 Å². The summed E-state index contributed by atoms with van der Waals surface area (Å²) in [5.74, 6) is 0. The average Bonchev–Trinajstić information content (AvgIpc) is 2.52. The molecule has 2 aromatic rings. The molecule has 0 aliphatic carbocycles. The zero-order chi connectivity index (χ0) is 14.9. The van der Waals surface area contributed by atoms with Crippen LogP contribution in [0.2, 0.25) is 0 Å². The zero-order valence-corrected chi connectivity index (χ0v) is 11.9. The normalized spacial score (nSPS) is 10.1. The second-order valence-electron chi connectivity index (χ2n) is 4.83. The Labute approximate surface area is 124 Å². The number of nitrogens with two attached hydrogens (primary N) is 1. The molecular formula is C17H20N2O2. The fourth-order valence-electron chi connectivity index (χ4n) is 1.94. The summed E-state index contributed by atoms with van der Waals surface area (Å²) in [5, 5.41) is 2.75. The van der Waals surface area contributed by atoms with Crippen LogP contribution in [0.1, 0.15) is 17.5 Å². The smallest absolute Gasteiger partial charge is 0.407 e. The molecule has 0 aromatic heterocycles. The fraction of sp³-hybridized carbons (Fsp3) is 0.235. The van der Waals surface area contributed by atoms with Crippen LogP contribution in [0, 0.1) is 0 Å². The summed E-state index contributed by atoms with van der Waals surface area (Å²) >= 11 is 0. The van der Waals surface area contributed by atoms with E-state index in [0.717, 1.165) is 24.1 Å². The van der Waals surface area contributed by atoms with Gasteiger partial charge in [-0.1, -0.05) is 42.5 Å². The molecule has 0 bridgehead atoms. The maximum atomic E-state index is 11.5. The number of rotatable bonds is 6. The number of nitrogen functional groups attached to an aromatic ring is 1. The van der Waals surface area contributed by atoms with Crippen LogP contribution in [0.5, 0.6) is 0 Å². The van der Waals surface area contributed by atoms with E-state index in [0.29, 0.717) is 13.2 Å². The zero-order valence-electron chi connectivity index (χ0n) is 11.9. The van der Waals surface area contributed by atoms with Crippen molar-refractivity contribution in [1.29, 1.82) is 0 Å². The lowest BCUT2D eigenvalue weighted by molar-refractivity contribution is 0.139. The summed E-state index contributed by atoms with van der Waals surface area (Å²) in [6, 6.07) is 17.4. The molecule has 4 heteroatoms. The molecule has 21 heavy (non-hydrogen) atoms. The van der Waals surface area contributed by atoms with Gasteiger partial charge in [0, 0.05) is 12.2 Å². The molecule has 0 aliphatic rings. The lowest BCUT2D eigenvalue weighted by Gasteiger charge is -2.07. The highest BCUT2D eigenvalue weighted by Crippen LogP contribution is 2.07. The average molecular weight is 284 g/mol. The van der Waals surface area contributed by atoms with Crippen LogP contribution in [0.3, 0.4) is 0 Å². The van der Waals surface area contributed by atoms with Gasteiger partial charge in [0.25, 0.3) is 0 Å². The van der Waals surface area contributed by atoms with E-state index in [4.69, 9.17) is 10.5 Å². The minimum atomic E-state index is -0.379. The molecule has 0 fully saturated rings. The maximum Gasteiger partial charge on any atom is 0.407 e. The Bertz CT molecular complexity index is 553. The second-order valence-corrected chi connectivity index (χ2v) is 4.83. The van der Waals surface area contributed by atoms with Crippen molar-refractivity contribution in [2.75, 3.05) is 12.3 Å². The van der Waals surface area contributed by atoms with Gasteiger partial charge in [-0.2, -0.15) is 0 Å². The van der Waals surface area contributed by atoms with E-state index in [1.54, 1.807) is 0 Å².